The number of aliphatic hydroxyl groups is 1. The number of nitrogen functional groups attached to an aromatic ring is 1. The van der Waals surface area contributed by atoms with E-state index in [0.29, 0.717) is 33.9 Å². The van der Waals surface area contributed by atoms with E-state index in [-0.39, 0.29) is 19.8 Å². The lowest BCUT2D eigenvalue weighted by Gasteiger charge is -2.27. The first-order valence-electron chi connectivity index (χ1n) is 12.2. The molecule has 0 spiro atoms. The molecule has 0 aliphatic carbocycles. The minimum absolute atomic E-state index is 0.0250. The molecule has 10 heteroatoms. The van der Waals surface area contributed by atoms with Gasteiger partial charge in [-0.05, 0) is 55.5 Å². The van der Waals surface area contributed by atoms with Gasteiger partial charge in [0.05, 0.1) is 29.6 Å². The lowest BCUT2D eigenvalue weighted by Crippen LogP contribution is -2.28. The summed E-state index contributed by atoms with van der Waals surface area (Å²) in [7, 11) is 0. The Hall–Kier alpha value is -4.85. The quantitative estimate of drug-likeness (QED) is 0.198. The Bertz CT molecular complexity index is 1320. The fourth-order valence-electron chi connectivity index (χ4n) is 3.60. The van der Waals surface area contributed by atoms with Crippen molar-refractivity contribution in [2.24, 2.45) is 0 Å². The summed E-state index contributed by atoms with van der Waals surface area (Å²) < 4.78 is 17.4. The standard InChI is InChI=1S/C29H30N4O6/c1-2-37-26(15-16-27(35)33-24-9-5-4-8-23(24)31)28(22-7-3-6-10-25(22)38-18-17-34)39-29(36)32-21-13-11-20(19-30)12-14-21/h3-16,26,28,34H,2,17-18,31H2,1H3,(H,32,36)(H,33,35)/b16-15+/t26-,28-/m0/s1. The number of amides is 2. The highest BCUT2D eigenvalue weighted by molar-refractivity contribution is 6.01. The fraction of sp³-hybridized carbons (Fsp3) is 0.207. The third-order valence-corrected chi connectivity index (χ3v) is 5.38. The summed E-state index contributed by atoms with van der Waals surface area (Å²) in [5.41, 5.74) is 8.12. The Balaban J connectivity index is 1.88. The van der Waals surface area contributed by atoms with Gasteiger partial charge in [0.15, 0.2) is 6.10 Å². The zero-order chi connectivity index (χ0) is 28.0. The van der Waals surface area contributed by atoms with E-state index in [9.17, 15) is 14.7 Å². The molecule has 0 bridgehead atoms. The molecule has 39 heavy (non-hydrogen) atoms. The van der Waals surface area contributed by atoms with Crippen LogP contribution in [0.4, 0.5) is 21.9 Å². The van der Waals surface area contributed by atoms with Gasteiger partial charge in [-0.1, -0.05) is 30.3 Å². The number of carbonyl (C=O) groups excluding carboxylic acids is 2. The number of nitrogens with one attached hydrogen (secondary N) is 2. The van der Waals surface area contributed by atoms with Crippen LogP contribution in [0.1, 0.15) is 24.2 Å². The number of hydrogen-bond donors (Lipinski definition) is 4. The maximum Gasteiger partial charge on any atom is 0.412 e. The number of rotatable bonds is 12. The van der Waals surface area contributed by atoms with Gasteiger partial charge in [0.25, 0.3) is 0 Å². The van der Waals surface area contributed by atoms with E-state index in [2.05, 4.69) is 10.6 Å². The maximum atomic E-state index is 12.9. The van der Waals surface area contributed by atoms with Gasteiger partial charge in [-0.25, -0.2) is 4.79 Å². The predicted octanol–water partition coefficient (Wildman–Crippen LogP) is 4.40. The Morgan fingerprint density at radius 2 is 1.77 bits per heavy atom. The summed E-state index contributed by atoms with van der Waals surface area (Å²) in [5.74, 6) is -0.0782. The Labute approximate surface area is 226 Å². The SMILES string of the molecule is CCO[C@@H](/C=C/C(=O)Nc1ccccc1N)[C@@H](OC(=O)Nc1ccc(C#N)cc1)c1ccccc1OCCO. The van der Waals surface area contributed by atoms with Crippen LogP contribution in [0.5, 0.6) is 5.75 Å². The van der Waals surface area contributed by atoms with Crippen LogP contribution in [-0.2, 0) is 14.3 Å². The highest BCUT2D eigenvalue weighted by Gasteiger charge is 2.29. The summed E-state index contributed by atoms with van der Waals surface area (Å²) in [6.07, 6.45) is 0.0454. The van der Waals surface area contributed by atoms with Crippen molar-refractivity contribution in [3.63, 3.8) is 0 Å². The fourth-order valence-corrected chi connectivity index (χ4v) is 3.60. The number of anilines is 3. The minimum atomic E-state index is -1.04. The zero-order valence-electron chi connectivity index (χ0n) is 21.4. The summed E-state index contributed by atoms with van der Waals surface area (Å²) >= 11 is 0. The summed E-state index contributed by atoms with van der Waals surface area (Å²) in [6, 6.07) is 22.0. The molecule has 2 amide bonds. The van der Waals surface area contributed by atoms with Crippen LogP contribution in [0.15, 0.2) is 84.9 Å². The van der Waals surface area contributed by atoms with Gasteiger partial charge < -0.3 is 30.4 Å². The van der Waals surface area contributed by atoms with E-state index in [1.165, 1.54) is 12.2 Å². The van der Waals surface area contributed by atoms with Crippen molar-refractivity contribution in [2.45, 2.75) is 19.1 Å². The number of aliphatic hydroxyl groups excluding tert-OH is 1. The van der Waals surface area contributed by atoms with E-state index >= 15 is 0 Å². The molecule has 5 N–H and O–H groups in total. The molecule has 2 atom stereocenters. The minimum Gasteiger partial charge on any atom is -0.491 e. The molecule has 0 unspecified atom stereocenters. The smallest absolute Gasteiger partial charge is 0.412 e. The van der Waals surface area contributed by atoms with Crippen LogP contribution < -0.4 is 21.1 Å². The average molecular weight is 531 g/mol. The molecule has 0 saturated carbocycles. The molecule has 0 aliphatic heterocycles. The Morgan fingerprint density at radius 1 is 1.05 bits per heavy atom. The summed E-state index contributed by atoms with van der Waals surface area (Å²) in [5, 5.41) is 23.6. The van der Waals surface area contributed by atoms with E-state index in [1.807, 2.05) is 6.07 Å². The molecular weight excluding hydrogens is 500 g/mol. The van der Waals surface area contributed by atoms with Crippen molar-refractivity contribution < 1.29 is 28.9 Å². The zero-order valence-corrected chi connectivity index (χ0v) is 21.4. The molecule has 3 rings (SSSR count). The number of hydrogen-bond acceptors (Lipinski definition) is 8. The van der Waals surface area contributed by atoms with Crippen LogP contribution in [0.3, 0.4) is 0 Å². The molecule has 3 aromatic rings. The van der Waals surface area contributed by atoms with Crippen molar-refractivity contribution in [1.82, 2.24) is 0 Å². The number of ether oxygens (including phenoxy) is 3. The Morgan fingerprint density at radius 3 is 2.46 bits per heavy atom. The first kappa shape index (κ1) is 28.7. The number of carbonyl (C=O) groups is 2. The molecule has 0 heterocycles. The highest BCUT2D eigenvalue weighted by Crippen LogP contribution is 2.33. The van der Waals surface area contributed by atoms with Gasteiger partial charge in [0.1, 0.15) is 18.5 Å². The molecule has 0 fully saturated rings. The van der Waals surface area contributed by atoms with Crippen molar-refractivity contribution in [1.29, 1.82) is 5.26 Å². The van der Waals surface area contributed by atoms with Crippen molar-refractivity contribution in [3.8, 4) is 11.8 Å². The van der Waals surface area contributed by atoms with Gasteiger partial charge in [-0.15, -0.1) is 0 Å². The second-order valence-corrected chi connectivity index (χ2v) is 8.11. The van der Waals surface area contributed by atoms with Crippen LogP contribution in [0, 0.1) is 11.3 Å². The number of benzene rings is 3. The van der Waals surface area contributed by atoms with Gasteiger partial charge >= 0.3 is 6.09 Å². The van der Waals surface area contributed by atoms with Crippen molar-refractivity contribution >= 4 is 29.1 Å². The molecule has 10 nitrogen and oxygen atoms in total. The summed E-state index contributed by atoms with van der Waals surface area (Å²) in [4.78, 5) is 25.6. The first-order valence-corrected chi connectivity index (χ1v) is 12.2. The van der Waals surface area contributed by atoms with E-state index in [0.717, 1.165) is 0 Å². The van der Waals surface area contributed by atoms with E-state index < -0.39 is 24.2 Å². The molecular formula is C29H30N4O6. The van der Waals surface area contributed by atoms with E-state index in [1.54, 1.807) is 79.7 Å². The van der Waals surface area contributed by atoms with Crippen molar-refractivity contribution in [3.05, 3.63) is 96.1 Å². The van der Waals surface area contributed by atoms with Crippen LogP contribution in [-0.4, -0.2) is 43.0 Å². The Kier molecular flexibility index (Phi) is 10.9. The third kappa shape index (κ3) is 8.60. The number of nitrogens with zero attached hydrogens (tertiary/aromatic N) is 1. The second-order valence-electron chi connectivity index (χ2n) is 8.11. The van der Waals surface area contributed by atoms with E-state index in [4.69, 9.17) is 25.2 Å². The van der Waals surface area contributed by atoms with Crippen LogP contribution in [0.2, 0.25) is 0 Å². The molecule has 0 aromatic heterocycles. The molecule has 0 saturated heterocycles. The van der Waals surface area contributed by atoms with Gasteiger partial charge in [0, 0.05) is 23.9 Å². The predicted molar refractivity (Wildman–Crippen MR) is 147 cm³/mol. The second kappa shape index (κ2) is 14.8. The molecule has 202 valence electrons. The number of nitriles is 1. The largest absolute Gasteiger partial charge is 0.491 e. The normalized spacial score (nSPS) is 12.2. The first-order chi connectivity index (χ1) is 18.9. The van der Waals surface area contributed by atoms with Crippen LogP contribution in [0.25, 0.3) is 0 Å². The van der Waals surface area contributed by atoms with Crippen LogP contribution >= 0.6 is 0 Å². The van der Waals surface area contributed by atoms with Gasteiger partial charge in [-0.3, -0.25) is 10.1 Å². The topological polar surface area (TPSA) is 156 Å². The van der Waals surface area contributed by atoms with Gasteiger partial charge in [-0.2, -0.15) is 5.26 Å². The number of nitrogens with two attached hydrogens (primary N) is 1. The molecule has 0 radical (unpaired) electrons. The lowest BCUT2D eigenvalue weighted by atomic mass is 10.0. The lowest BCUT2D eigenvalue weighted by molar-refractivity contribution is -0.112. The average Bonchev–Trinajstić information content (AvgIpc) is 2.95. The molecule has 3 aromatic carbocycles. The summed E-state index contributed by atoms with van der Waals surface area (Å²) in [6.45, 7) is 1.83. The van der Waals surface area contributed by atoms with Gasteiger partial charge in [0.2, 0.25) is 5.91 Å². The third-order valence-electron chi connectivity index (χ3n) is 5.38. The maximum absolute atomic E-state index is 12.9. The monoisotopic (exact) mass is 530 g/mol. The number of para-hydroxylation sites is 3. The highest BCUT2D eigenvalue weighted by atomic mass is 16.6. The van der Waals surface area contributed by atoms with Crippen molar-refractivity contribution in [2.75, 3.05) is 36.2 Å². The molecule has 0 aliphatic rings.